The number of fused-ring (bicyclic) bond motifs is 1. The van der Waals surface area contributed by atoms with Gasteiger partial charge >= 0.3 is 0 Å². The number of hydrogen-bond acceptors (Lipinski definition) is 8. The number of nitrogens with one attached hydrogen (secondary N) is 3. The van der Waals surface area contributed by atoms with Crippen molar-refractivity contribution in [3.63, 3.8) is 0 Å². The minimum absolute atomic E-state index is 0.0476. The zero-order valence-corrected chi connectivity index (χ0v) is 23.9. The van der Waals surface area contributed by atoms with Crippen LogP contribution in [0.4, 0.5) is 11.6 Å². The van der Waals surface area contributed by atoms with E-state index < -0.39 is 0 Å². The molecule has 2 aliphatic rings. The lowest BCUT2D eigenvalue weighted by atomic mass is 9.80. The number of ether oxygens (including phenoxy) is 2. The van der Waals surface area contributed by atoms with Gasteiger partial charge in [-0.3, -0.25) is 14.7 Å². The van der Waals surface area contributed by atoms with E-state index in [9.17, 15) is 9.59 Å². The zero-order valence-electron chi connectivity index (χ0n) is 23.9. The minimum Gasteiger partial charge on any atom is -0.456 e. The van der Waals surface area contributed by atoms with Gasteiger partial charge < -0.3 is 25.0 Å². The second-order valence-corrected chi connectivity index (χ2v) is 11.3. The highest BCUT2D eigenvalue weighted by Gasteiger charge is 2.39. The molecule has 0 radical (unpaired) electrons. The molecule has 2 fully saturated rings. The van der Waals surface area contributed by atoms with Crippen molar-refractivity contribution in [1.29, 1.82) is 0 Å². The Morgan fingerprint density at radius 2 is 1.93 bits per heavy atom. The number of nitrogens with zero attached hydrogens (tertiary/aromatic N) is 4. The maximum absolute atomic E-state index is 13.4. The number of carbonyl (C=O) groups is 2. The predicted molar refractivity (Wildman–Crippen MR) is 159 cm³/mol. The van der Waals surface area contributed by atoms with Crippen LogP contribution in [-0.4, -0.2) is 69.2 Å². The second-order valence-electron chi connectivity index (χ2n) is 11.3. The van der Waals surface area contributed by atoms with Crippen LogP contribution in [0.25, 0.3) is 11.0 Å². The maximum atomic E-state index is 13.4. The van der Waals surface area contributed by atoms with E-state index >= 15 is 0 Å². The Bertz CT molecular complexity index is 1580. The van der Waals surface area contributed by atoms with Gasteiger partial charge in [0, 0.05) is 55.9 Å². The van der Waals surface area contributed by atoms with Crippen molar-refractivity contribution >= 4 is 34.5 Å². The molecule has 11 heteroatoms. The number of anilines is 2. The number of aryl methyl sites for hydroxylation is 1. The first-order valence-corrected chi connectivity index (χ1v) is 14.4. The van der Waals surface area contributed by atoms with E-state index in [0.29, 0.717) is 54.1 Å². The van der Waals surface area contributed by atoms with Gasteiger partial charge in [-0.05, 0) is 69.0 Å². The number of pyridine rings is 2. The average Bonchev–Trinajstić information content (AvgIpc) is 3.41. The van der Waals surface area contributed by atoms with Crippen LogP contribution in [0.5, 0.6) is 11.5 Å². The van der Waals surface area contributed by atoms with E-state index in [0.717, 1.165) is 43.3 Å². The fourth-order valence-electron chi connectivity index (χ4n) is 5.60. The Morgan fingerprint density at radius 1 is 1.12 bits per heavy atom. The number of carbonyl (C=O) groups excluding carboxylic acids is 2. The normalized spacial score (nSPS) is 18.4. The van der Waals surface area contributed by atoms with Crippen LogP contribution in [-0.2, 0) is 9.53 Å². The first-order chi connectivity index (χ1) is 20.4. The summed E-state index contributed by atoms with van der Waals surface area (Å²) in [5.74, 6) is 2.24. The lowest BCUT2D eigenvalue weighted by molar-refractivity contribution is -0.147. The third kappa shape index (κ3) is 5.91. The highest BCUT2D eigenvalue weighted by atomic mass is 16.5. The molecule has 0 saturated carbocycles. The molecule has 0 aliphatic carbocycles. The number of likely N-dealkylation sites (tertiary alicyclic amines) is 1. The smallest absolute Gasteiger partial charge is 0.256 e. The summed E-state index contributed by atoms with van der Waals surface area (Å²) in [6.45, 7) is 6.58. The van der Waals surface area contributed by atoms with Gasteiger partial charge in [-0.15, -0.1) is 0 Å². The Kier molecular flexibility index (Phi) is 7.75. The molecule has 0 bridgehead atoms. The molecule has 42 heavy (non-hydrogen) atoms. The molecule has 4 aromatic rings. The fraction of sp³-hybridized carbons (Fsp3) is 0.387. The SMILES string of the molecule is Cc1cccc(NC(=O)c2ccc(Oc3ccnc4[nH]nc(NC5CCCN(C(=O)C6(C)CCOCC6)C5)c34)cc2)n1. The molecule has 1 aromatic carbocycles. The van der Waals surface area contributed by atoms with Crippen molar-refractivity contribution in [2.75, 3.05) is 36.9 Å². The molecule has 2 saturated heterocycles. The van der Waals surface area contributed by atoms with E-state index in [1.165, 1.54) is 0 Å². The summed E-state index contributed by atoms with van der Waals surface area (Å²) in [5, 5.41) is 14.6. The van der Waals surface area contributed by atoms with Crippen molar-refractivity contribution in [2.24, 2.45) is 5.41 Å². The van der Waals surface area contributed by atoms with Crippen molar-refractivity contribution < 1.29 is 19.1 Å². The number of amides is 2. The van der Waals surface area contributed by atoms with E-state index in [-0.39, 0.29) is 23.3 Å². The zero-order chi connectivity index (χ0) is 29.1. The summed E-state index contributed by atoms with van der Waals surface area (Å²) in [6.07, 6.45) is 5.01. The van der Waals surface area contributed by atoms with Gasteiger partial charge in [0.25, 0.3) is 5.91 Å². The van der Waals surface area contributed by atoms with Gasteiger partial charge in [-0.2, -0.15) is 5.10 Å². The molecule has 1 unspecified atom stereocenters. The van der Waals surface area contributed by atoms with Crippen LogP contribution in [0.1, 0.15) is 48.7 Å². The van der Waals surface area contributed by atoms with Gasteiger partial charge in [0.1, 0.15) is 22.7 Å². The third-order valence-electron chi connectivity index (χ3n) is 8.06. The Labute approximate surface area is 244 Å². The van der Waals surface area contributed by atoms with Crippen LogP contribution in [0.3, 0.4) is 0 Å². The summed E-state index contributed by atoms with van der Waals surface area (Å²) in [4.78, 5) is 36.8. The lowest BCUT2D eigenvalue weighted by Crippen LogP contribution is -2.51. The molecule has 2 aliphatic heterocycles. The molecule has 3 N–H and O–H groups in total. The topological polar surface area (TPSA) is 134 Å². The predicted octanol–water partition coefficient (Wildman–Crippen LogP) is 4.93. The molecule has 218 valence electrons. The summed E-state index contributed by atoms with van der Waals surface area (Å²) in [6, 6.07) is 14.2. The lowest BCUT2D eigenvalue weighted by Gasteiger charge is -2.40. The fourth-order valence-corrected chi connectivity index (χ4v) is 5.60. The van der Waals surface area contributed by atoms with Gasteiger partial charge in [-0.25, -0.2) is 9.97 Å². The maximum Gasteiger partial charge on any atom is 0.256 e. The summed E-state index contributed by atoms with van der Waals surface area (Å²) in [7, 11) is 0. The molecule has 3 aromatic heterocycles. The van der Waals surface area contributed by atoms with Crippen LogP contribution in [0.15, 0.2) is 54.7 Å². The minimum atomic E-state index is -0.363. The third-order valence-corrected chi connectivity index (χ3v) is 8.06. The first-order valence-electron chi connectivity index (χ1n) is 14.4. The van der Waals surface area contributed by atoms with E-state index in [4.69, 9.17) is 9.47 Å². The van der Waals surface area contributed by atoms with E-state index in [1.54, 1.807) is 42.6 Å². The van der Waals surface area contributed by atoms with Gasteiger partial charge in [0.05, 0.1) is 5.41 Å². The quantitative estimate of drug-likeness (QED) is 0.285. The number of aromatic nitrogens is 4. The molecule has 2 amide bonds. The van der Waals surface area contributed by atoms with Crippen molar-refractivity contribution in [2.45, 2.75) is 45.6 Å². The van der Waals surface area contributed by atoms with Gasteiger partial charge in [0.2, 0.25) is 5.91 Å². The van der Waals surface area contributed by atoms with Crippen LogP contribution >= 0.6 is 0 Å². The number of hydrogen-bond donors (Lipinski definition) is 3. The van der Waals surface area contributed by atoms with Crippen molar-refractivity contribution in [3.05, 3.63) is 66.0 Å². The summed E-state index contributed by atoms with van der Waals surface area (Å²) < 4.78 is 11.7. The largest absolute Gasteiger partial charge is 0.456 e. The molecule has 11 nitrogen and oxygen atoms in total. The number of piperidine rings is 1. The summed E-state index contributed by atoms with van der Waals surface area (Å²) in [5.41, 5.74) is 1.54. The molecule has 0 spiro atoms. The standard InChI is InChI=1S/C31H35N7O4/c1-20-5-3-7-25(33-20)35-29(39)21-8-10-23(11-9-21)42-24-12-15-32-27-26(24)28(37-36-27)34-22-6-4-16-38(19-22)30(40)31(2)13-17-41-18-14-31/h3,5,7-12,15,22H,4,6,13-14,16-19H2,1-2H3,(H,33,35,39)(H2,32,34,36,37). The summed E-state index contributed by atoms with van der Waals surface area (Å²) >= 11 is 0. The number of benzene rings is 1. The monoisotopic (exact) mass is 569 g/mol. The van der Waals surface area contributed by atoms with Crippen LogP contribution in [0, 0.1) is 12.3 Å². The number of H-pyrrole nitrogens is 1. The molecule has 5 heterocycles. The number of rotatable bonds is 7. The Balaban J connectivity index is 1.14. The van der Waals surface area contributed by atoms with Crippen molar-refractivity contribution in [3.8, 4) is 11.5 Å². The van der Waals surface area contributed by atoms with Gasteiger partial charge in [-0.1, -0.05) is 13.0 Å². The number of aromatic amines is 1. The Morgan fingerprint density at radius 3 is 2.71 bits per heavy atom. The molecule has 6 rings (SSSR count). The van der Waals surface area contributed by atoms with Crippen molar-refractivity contribution in [1.82, 2.24) is 25.1 Å². The highest BCUT2D eigenvalue weighted by molar-refractivity contribution is 6.03. The van der Waals surface area contributed by atoms with E-state index in [1.807, 2.05) is 24.0 Å². The molecular formula is C31H35N7O4. The van der Waals surface area contributed by atoms with Crippen LogP contribution < -0.4 is 15.4 Å². The highest BCUT2D eigenvalue weighted by Crippen LogP contribution is 2.35. The van der Waals surface area contributed by atoms with Gasteiger partial charge in [0.15, 0.2) is 11.5 Å². The second kappa shape index (κ2) is 11.8. The van der Waals surface area contributed by atoms with E-state index in [2.05, 4.69) is 37.7 Å². The molecular weight excluding hydrogens is 534 g/mol. The average molecular weight is 570 g/mol. The van der Waals surface area contributed by atoms with Crippen LogP contribution in [0.2, 0.25) is 0 Å². The molecule has 1 atom stereocenters. The Hall–Kier alpha value is -4.51. The first kappa shape index (κ1) is 27.6.